The van der Waals surface area contributed by atoms with Crippen LogP contribution < -0.4 is 4.90 Å². The molecule has 2 aromatic rings. The summed E-state index contributed by atoms with van der Waals surface area (Å²) in [6.45, 7) is 9.56. The Balaban J connectivity index is 1.58. The Bertz CT molecular complexity index is 962. The third-order valence-corrected chi connectivity index (χ3v) is 7.50. The van der Waals surface area contributed by atoms with Gasteiger partial charge in [0.05, 0.1) is 23.9 Å². The minimum Gasteiger partial charge on any atom is -0.387 e. The number of aldehydes is 1. The Labute approximate surface area is 201 Å². The second-order valence-corrected chi connectivity index (χ2v) is 9.99. The first kappa shape index (κ1) is 24.1. The van der Waals surface area contributed by atoms with Crippen LogP contribution in [0.2, 0.25) is 5.02 Å². The number of halogens is 1. The molecule has 1 aromatic heterocycles. The number of benzene rings is 1. The fourth-order valence-electron chi connectivity index (χ4n) is 5.19. The van der Waals surface area contributed by atoms with E-state index in [4.69, 9.17) is 11.6 Å². The predicted octanol–water partition coefficient (Wildman–Crippen LogP) is 3.44. The van der Waals surface area contributed by atoms with Crippen LogP contribution in [-0.2, 0) is 4.79 Å². The van der Waals surface area contributed by atoms with Crippen molar-refractivity contribution in [3.05, 3.63) is 52.4 Å². The van der Waals surface area contributed by atoms with Crippen molar-refractivity contribution in [1.82, 2.24) is 19.8 Å². The smallest absolute Gasteiger partial charge is 0.139 e. The van der Waals surface area contributed by atoms with Gasteiger partial charge >= 0.3 is 0 Å². The lowest BCUT2D eigenvalue weighted by atomic mass is 9.95. The van der Waals surface area contributed by atoms with E-state index in [0.717, 1.165) is 55.1 Å². The molecule has 2 aliphatic rings. The van der Waals surface area contributed by atoms with Crippen LogP contribution in [0.25, 0.3) is 0 Å². The van der Waals surface area contributed by atoms with Gasteiger partial charge in [-0.15, -0.1) is 0 Å². The first-order chi connectivity index (χ1) is 15.8. The molecule has 4 rings (SSSR count). The number of hydrogen-bond acceptors (Lipinski definition) is 7. The molecule has 2 heterocycles. The van der Waals surface area contributed by atoms with Crippen molar-refractivity contribution >= 4 is 23.7 Å². The summed E-state index contributed by atoms with van der Waals surface area (Å²) in [5.41, 5.74) is 2.95. The number of carbonyl (C=O) groups is 1. The standard InChI is InChI=1S/C25H34ClN5O2/c1-16(2)29(4)20(14-32)24(18-5-7-19(26)8-6-18)30-9-11-31(12-10-30)25-22-17(3)13-21(33)23(22)27-15-28-25/h5-8,14-17,20-21,24,33H,9-13H2,1-4H3/t17-,20?,21-,24?/m1/s1. The number of anilines is 1. The van der Waals surface area contributed by atoms with E-state index in [9.17, 15) is 9.90 Å². The summed E-state index contributed by atoms with van der Waals surface area (Å²) in [7, 11) is 2.01. The summed E-state index contributed by atoms with van der Waals surface area (Å²) in [6, 6.07) is 7.77. The van der Waals surface area contributed by atoms with Crippen LogP contribution >= 0.6 is 11.6 Å². The van der Waals surface area contributed by atoms with Gasteiger partial charge in [-0.2, -0.15) is 0 Å². The van der Waals surface area contributed by atoms with E-state index < -0.39 is 6.10 Å². The van der Waals surface area contributed by atoms with Gasteiger partial charge in [0, 0.05) is 42.8 Å². The third-order valence-electron chi connectivity index (χ3n) is 7.25. The molecule has 8 heteroatoms. The minimum atomic E-state index is -0.507. The average Bonchev–Trinajstić information content (AvgIpc) is 3.11. The van der Waals surface area contributed by atoms with Gasteiger partial charge in [-0.05, 0) is 50.9 Å². The van der Waals surface area contributed by atoms with Crippen molar-refractivity contribution in [2.45, 2.75) is 57.3 Å². The van der Waals surface area contributed by atoms with Gasteiger partial charge in [0.2, 0.25) is 0 Å². The summed E-state index contributed by atoms with van der Waals surface area (Å²) in [6.07, 6.45) is 2.83. The molecule has 1 aliphatic carbocycles. The van der Waals surface area contributed by atoms with E-state index in [-0.39, 0.29) is 24.0 Å². The molecule has 2 unspecified atom stereocenters. The maximum absolute atomic E-state index is 12.3. The molecule has 1 N–H and O–H groups in total. The van der Waals surface area contributed by atoms with Gasteiger partial charge < -0.3 is 14.8 Å². The zero-order chi connectivity index (χ0) is 23.7. The average molecular weight is 472 g/mol. The van der Waals surface area contributed by atoms with Gasteiger partial charge in [-0.1, -0.05) is 30.7 Å². The predicted molar refractivity (Wildman–Crippen MR) is 131 cm³/mol. The topological polar surface area (TPSA) is 72.8 Å². The van der Waals surface area contributed by atoms with E-state index in [1.807, 2.05) is 31.3 Å². The second kappa shape index (κ2) is 10.1. The van der Waals surface area contributed by atoms with Crippen LogP contribution in [0.4, 0.5) is 5.82 Å². The summed E-state index contributed by atoms with van der Waals surface area (Å²) in [4.78, 5) is 28.1. The molecule has 7 nitrogen and oxygen atoms in total. The van der Waals surface area contributed by atoms with Gasteiger partial charge in [0.15, 0.2) is 0 Å². The highest BCUT2D eigenvalue weighted by Gasteiger charge is 2.37. The molecular formula is C25H34ClN5O2. The zero-order valence-corrected chi connectivity index (χ0v) is 20.6. The lowest BCUT2D eigenvalue weighted by molar-refractivity contribution is -0.115. The fourth-order valence-corrected chi connectivity index (χ4v) is 5.31. The number of nitrogens with zero attached hydrogens (tertiary/aromatic N) is 5. The summed E-state index contributed by atoms with van der Waals surface area (Å²) in [5, 5.41) is 11.0. The number of rotatable bonds is 7. The quantitative estimate of drug-likeness (QED) is 0.620. The number of aliphatic hydroxyl groups excluding tert-OH is 1. The molecule has 0 amide bonds. The zero-order valence-electron chi connectivity index (χ0n) is 19.9. The van der Waals surface area contributed by atoms with Crippen LogP contribution in [0.15, 0.2) is 30.6 Å². The SMILES string of the molecule is CC(C)N(C)C(C=O)C(c1ccc(Cl)cc1)N1CCN(c2ncnc3c2[C@H](C)C[C@H]3O)CC1. The number of fused-ring (bicyclic) bond motifs is 1. The molecule has 1 aliphatic heterocycles. The summed E-state index contributed by atoms with van der Waals surface area (Å²) < 4.78 is 0. The number of aliphatic hydroxyl groups is 1. The number of aromatic nitrogens is 2. The summed E-state index contributed by atoms with van der Waals surface area (Å²) in [5.74, 6) is 1.18. The second-order valence-electron chi connectivity index (χ2n) is 9.55. The number of hydrogen-bond donors (Lipinski definition) is 1. The molecule has 178 valence electrons. The first-order valence-electron chi connectivity index (χ1n) is 11.8. The maximum Gasteiger partial charge on any atom is 0.139 e. The van der Waals surface area contributed by atoms with Crippen molar-refractivity contribution in [2.75, 3.05) is 38.1 Å². The van der Waals surface area contributed by atoms with E-state index >= 15 is 0 Å². The molecule has 4 atom stereocenters. The maximum atomic E-state index is 12.3. The van der Waals surface area contributed by atoms with Crippen LogP contribution in [0.3, 0.4) is 0 Å². The van der Waals surface area contributed by atoms with Crippen molar-refractivity contribution in [3.63, 3.8) is 0 Å². The monoisotopic (exact) mass is 471 g/mol. The number of piperazine rings is 1. The lowest BCUT2D eigenvalue weighted by Gasteiger charge is -2.44. The first-order valence-corrected chi connectivity index (χ1v) is 12.1. The number of likely N-dealkylation sites (N-methyl/N-ethyl adjacent to an activating group) is 1. The lowest BCUT2D eigenvalue weighted by Crippen LogP contribution is -2.54. The van der Waals surface area contributed by atoms with E-state index in [1.54, 1.807) is 6.33 Å². The Hall–Kier alpha value is -2.06. The molecule has 33 heavy (non-hydrogen) atoms. The Kier molecular flexibility index (Phi) is 7.34. The van der Waals surface area contributed by atoms with Gasteiger partial charge in [-0.3, -0.25) is 9.80 Å². The summed E-state index contributed by atoms with van der Waals surface area (Å²) >= 11 is 6.15. The third kappa shape index (κ3) is 4.78. The van der Waals surface area contributed by atoms with E-state index in [0.29, 0.717) is 11.4 Å². The van der Waals surface area contributed by atoms with Crippen LogP contribution in [-0.4, -0.2) is 76.5 Å². The Morgan fingerprint density at radius 1 is 1.15 bits per heavy atom. The highest BCUT2D eigenvalue weighted by Crippen LogP contribution is 2.43. The Morgan fingerprint density at radius 2 is 1.82 bits per heavy atom. The molecule has 1 saturated heterocycles. The van der Waals surface area contributed by atoms with Crippen molar-refractivity contribution < 1.29 is 9.90 Å². The molecule has 1 aromatic carbocycles. The molecule has 0 bridgehead atoms. The van der Waals surface area contributed by atoms with Crippen LogP contribution in [0, 0.1) is 0 Å². The van der Waals surface area contributed by atoms with Crippen LogP contribution in [0.5, 0.6) is 0 Å². The highest BCUT2D eigenvalue weighted by molar-refractivity contribution is 6.30. The molecular weight excluding hydrogens is 438 g/mol. The van der Waals surface area contributed by atoms with Gasteiger partial charge in [-0.25, -0.2) is 9.97 Å². The van der Waals surface area contributed by atoms with E-state index in [1.165, 1.54) is 0 Å². The van der Waals surface area contributed by atoms with E-state index in [2.05, 4.69) is 45.4 Å². The van der Waals surface area contributed by atoms with Crippen molar-refractivity contribution in [2.24, 2.45) is 0 Å². The molecule has 0 radical (unpaired) electrons. The highest BCUT2D eigenvalue weighted by atomic mass is 35.5. The largest absolute Gasteiger partial charge is 0.387 e. The molecule has 0 saturated carbocycles. The minimum absolute atomic E-state index is 0.0637. The van der Waals surface area contributed by atoms with Crippen LogP contribution in [0.1, 0.15) is 62.1 Å². The number of carbonyl (C=O) groups excluding carboxylic acids is 1. The van der Waals surface area contributed by atoms with Gasteiger partial charge in [0.1, 0.15) is 18.4 Å². The molecule has 0 spiro atoms. The van der Waals surface area contributed by atoms with Crippen molar-refractivity contribution in [1.29, 1.82) is 0 Å². The van der Waals surface area contributed by atoms with Crippen molar-refractivity contribution in [3.8, 4) is 0 Å². The fraction of sp³-hybridized carbons (Fsp3) is 0.560. The normalized spacial score (nSPS) is 23.1. The van der Waals surface area contributed by atoms with Gasteiger partial charge in [0.25, 0.3) is 0 Å². The molecule has 1 fully saturated rings. The Morgan fingerprint density at radius 3 is 2.42 bits per heavy atom.